The molecule has 4 aromatic rings. The molecule has 1 atom stereocenters. The number of benzene rings is 3. The number of hydrogen-bond donors (Lipinski definition) is 2. The van der Waals surface area contributed by atoms with Gasteiger partial charge in [-0.05, 0) is 68.0 Å². The molecule has 1 aromatic heterocycles. The van der Waals surface area contributed by atoms with Crippen LogP contribution in [0.4, 0.5) is 4.39 Å². The van der Waals surface area contributed by atoms with Crippen LogP contribution in [0, 0.1) is 5.82 Å². The summed E-state index contributed by atoms with van der Waals surface area (Å²) in [6.45, 7) is 1.42. The highest BCUT2D eigenvalue weighted by atomic mass is 19.1. The van der Waals surface area contributed by atoms with Gasteiger partial charge >= 0.3 is 0 Å². The highest BCUT2D eigenvalue weighted by molar-refractivity contribution is 6.17. The number of carbonyl (C=O) groups excluding carboxylic acids is 2. The van der Waals surface area contributed by atoms with Crippen molar-refractivity contribution in [2.75, 3.05) is 34.3 Å². The lowest BCUT2D eigenvalue weighted by molar-refractivity contribution is 0.0783. The van der Waals surface area contributed by atoms with Crippen LogP contribution in [0.15, 0.2) is 48.5 Å². The predicted octanol–water partition coefficient (Wildman–Crippen LogP) is 4.01. The Morgan fingerprint density at radius 3 is 2.54 bits per heavy atom. The minimum Gasteiger partial charge on any atom is -0.494 e. The zero-order valence-electron chi connectivity index (χ0n) is 19.9. The Bertz CT molecular complexity index is 1480. The average molecular weight is 475 g/mol. The number of hydrogen-bond acceptors (Lipinski definition) is 4. The first-order valence-electron chi connectivity index (χ1n) is 11.5. The first-order chi connectivity index (χ1) is 16.8. The third kappa shape index (κ3) is 4.00. The maximum absolute atomic E-state index is 14.4. The van der Waals surface area contributed by atoms with E-state index in [2.05, 4.69) is 9.88 Å². The first-order valence-corrected chi connectivity index (χ1v) is 11.5. The highest BCUT2D eigenvalue weighted by Crippen LogP contribution is 2.34. The first kappa shape index (κ1) is 22.9. The summed E-state index contributed by atoms with van der Waals surface area (Å²) in [6.07, 6.45) is 0.948. The van der Waals surface area contributed by atoms with E-state index in [1.165, 1.54) is 13.2 Å². The summed E-state index contributed by atoms with van der Waals surface area (Å²) in [5, 5.41) is 1.62. The van der Waals surface area contributed by atoms with Crippen molar-refractivity contribution in [3.63, 3.8) is 0 Å². The van der Waals surface area contributed by atoms with E-state index in [0.29, 0.717) is 40.4 Å². The van der Waals surface area contributed by atoms with Crippen molar-refractivity contribution in [1.29, 1.82) is 0 Å². The molecule has 1 aliphatic heterocycles. The lowest BCUT2D eigenvalue weighted by atomic mass is 9.98. The average Bonchev–Trinajstić information content (AvgIpc) is 3.47. The van der Waals surface area contributed by atoms with Crippen LogP contribution in [-0.4, -0.2) is 66.9 Å². The minimum atomic E-state index is -0.597. The van der Waals surface area contributed by atoms with Crippen LogP contribution in [-0.2, 0) is 0 Å². The van der Waals surface area contributed by atoms with E-state index in [9.17, 15) is 14.0 Å². The molecule has 3 N–H and O–H groups in total. The van der Waals surface area contributed by atoms with Crippen molar-refractivity contribution in [2.45, 2.75) is 12.5 Å². The van der Waals surface area contributed by atoms with Gasteiger partial charge in [0.25, 0.3) is 11.8 Å². The van der Waals surface area contributed by atoms with E-state index in [4.69, 9.17) is 10.5 Å². The topological polar surface area (TPSA) is 91.7 Å². The van der Waals surface area contributed by atoms with E-state index in [1.54, 1.807) is 18.2 Å². The largest absolute Gasteiger partial charge is 0.494 e. The van der Waals surface area contributed by atoms with E-state index < -0.39 is 11.7 Å². The summed E-state index contributed by atoms with van der Waals surface area (Å²) in [5.41, 5.74) is 9.15. The van der Waals surface area contributed by atoms with Crippen molar-refractivity contribution >= 4 is 33.6 Å². The molecule has 3 aromatic carbocycles. The fourth-order valence-corrected chi connectivity index (χ4v) is 4.88. The summed E-state index contributed by atoms with van der Waals surface area (Å²) in [5.74, 6) is -0.963. The molecule has 1 fully saturated rings. The molecule has 35 heavy (non-hydrogen) atoms. The van der Waals surface area contributed by atoms with E-state index in [0.717, 1.165) is 29.3 Å². The van der Waals surface area contributed by atoms with Gasteiger partial charge in [0.1, 0.15) is 0 Å². The Hall–Kier alpha value is -3.91. The molecule has 5 rings (SSSR count). The van der Waals surface area contributed by atoms with Gasteiger partial charge in [-0.1, -0.05) is 12.1 Å². The monoisotopic (exact) mass is 474 g/mol. The highest BCUT2D eigenvalue weighted by Gasteiger charge is 2.28. The fourth-order valence-electron chi connectivity index (χ4n) is 4.88. The van der Waals surface area contributed by atoms with Crippen molar-refractivity contribution in [1.82, 2.24) is 14.8 Å². The van der Waals surface area contributed by atoms with Gasteiger partial charge in [-0.15, -0.1) is 0 Å². The molecule has 7 nitrogen and oxygen atoms in total. The summed E-state index contributed by atoms with van der Waals surface area (Å²) >= 11 is 0. The smallest absolute Gasteiger partial charge is 0.253 e. The Kier molecular flexibility index (Phi) is 5.68. The number of carbonyl (C=O) groups is 2. The normalized spacial score (nSPS) is 15.9. The maximum atomic E-state index is 14.4. The second-order valence-corrected chi connectivity index (χ2v) is 9.20. The van der Waals surface area contributed by atoms with Gasteiger partial charge in [-0.2, -0.15) is 0 Å². The van der Waals surface area contributed by atoms with Gasteiger partial charge in [0.15, 0.2) is 11.6 Å². The van der Waals surface area contributed by atoms with Crippen molar-refractivity contribution in [2.24, 2.45) is 5.73 Å². The Balaban J connectivity index is 1.58. The van der Waals surface area contributed by atoms with Gasteiger partial charge < -0.3 is 25.3 Å². The number of nitrogens with zero attached hydrogens (tertiary/aromatic N) is 2. The molecular formula is C27H27FN4O3. The second-order valence-electron chi connectivity index (χ2n) is 9.20. The third-order valence-corrected chi connectivity index (χ3v) is 6.89. The molecule has 0 aliphatic carbocycles. The molecule has 0 unspecified atom stereocenters. The number of nitrogens with one attached hydrogen (secondary N) is 1. The molecule has 2 heterocycles. The molecule has 180 valence electrons. The summed E-state index contributed by atoms with van der Waals surface area (Å²) < 4.78 is 19.4. The number of likely N-dealkylation sites (N-methyl/N-ethyl adjacent to an activating group) is 1. The Morgan fingerprint density at radius 2 is 1.89 bits per heavy atom. The molecule has 2 amide bonds. The Labute approximate surface area is 202 Å². The zero-order valence-corrected chi connectivity index (χ0v) is 19.9. The zero-order chi connectivity index (χ0) is 24.9. The van der Waals surface area contributed by atoms with Gasteiger partial charge in [0, 0.05) is 41.0 Å². The number of fused-ring (bicyclic) bond motifs is 3. The lowest BCUT2D eigenvalue weighted by Crippen LogP contribution is -2.34. The van der Waals surface area contributed by atoms with Crippen molar-refractivity contribution < 1.29 is 18.7 Å². The van der Waals surface area contributed by atoms with Crippen LogP contribution in [0.25, 0.3) is 32.9 Å². The second kappa shape index (κ2) is 8.70. The number of rotatable bonds is 5. The van der Waals surface area contributed by atoms with E-state index in [-0.39, 0.29) is 11.7 Å². The van der Waals surface area contributed by atoms with Crippen LogP contribution in [0.1, 0.15) is 27.1 Å². The van der Waals surface area contributed by atoms with Gasteiger partial charge in [0.05, 0.1) is 18.2 Å². The fraction of sp³-hybridized carbons (Fsp3) is 0.259. The van der Waals surface area contributed by atoms with Gasteiger partial charge in [-0.3, -0.25) is 9.59 Å². The minimum absolute atomic E-state index is 0.0144. The summed E-state index contributed by atoms with van der Waals surface area (Å²) in [4.78, 5) is 32.8. The molecule has 0 spiro atoms. The number of primary amides is 1. The summed E-state index contributed by atoms with van der Waals surface area (Å²) in [6, 6.07) is 14.1. The quantitative estimate of drug-likeness (QED) is 0.457. The number of aromatic amines is 1. The number of H-pyrrole nitrogens is 1. The SMILES string of the molecule is COc1ccc(-c2cc(C(N)=O)c3[nH]c4cc(C(=O)N5CC[C@@H](N(C)C)C5)ccc4c3c2)cc1F. The predicted molar refractivity (Wildman–Crippen MR) is 134 cm³/mol. The number of ether oxygens (including phenoxy) is 1. The molecule has 8 heteroatoms. The van der Waals surface area contributed by atoms with Gasteiger partial charge in [-0.25, -0.2) is 4.39 Å². The van der Waals surface area contributed by atoms with E-state index >= 15 is 0 Å². The molecule has 0 saturated carbocycles. The van der Waals surface area contributed by atoms with Crippen LogP contribution in [0.2, 0.25) is 0 Å². The number of amides is 2. The van der Waals surface area contributed by atoms with E-state index in [1.807, 2.05) is 43.3 Å². The summed E-state index contributed by atoms with van der Waals surface area (Å²) in [7, 11) is 5.46. The number of aromatic nitrogens is 1. The maximum Gasteiger partial charge on any atom is 0.253 e. The third-order valence-electron chi connectivity index (χ3n) is 6.89. The number of nitrogens with two attached hydrogens (primary N) is 1. The van der Waals surface area contributed by atoms with Gasteiger partial charge in [0.2, 0.25) is 0 Å². The van der Waals surface area contributed by atoms with Crippen molar-refractivity contribution in [3.05, 3.63) is 65.5 Å². The molecular weight excluding hydrogens is 447 g/mol. The number of likely N-dealkylation sites (tertiary alicyclic amines) is 1. The Morgan fingerprint density at radius 1 is 1.09 bits per heavy atom. The van der Waals surface area contributed by atoms with Crippen LogP contribution < -0.4 is 10.5 Å². The van der Waals surface area contributed by atoms with Crippen molar-refractivity contribution in [3.8, 4) is 16.9 Å². The lowest BCUT2D eigenvalue weighted by Gasteiger charge is -2.20. The molecule has 1 saturated heterocycles. The standard InChI is InChI=1S/C27H27FN4O3/c1-31(2)18-8-9-32(14-18)27(34)16-4-6-19-20-10-17(15-5-7-24(35-3)22(28)12-15)11-21(26(29)33)25(20)30-23(19)13-16/h4-7,10-13,18,30H,8-9,14H2,1-3H3,(H2,29,33)/t18-/m1/s1. The molecule has 1 aliphatic rings. The van der Waals surface area contributed by atoms with Crippen LogP contribution >= 0.6 is 0 Å². The van der Waals surface area contributed by atoms with Crippen LogP contribution in [0.5, 0.6) is 5.75 Å². The number of methoxy groups -OCH3 is 1. The van der Waals surface area contributed by atoms with Crippen LogP contribution in [0.3, 0.4) is 0 Å². The molecule has 0 radical (unpaired) electrons. The number of halogens is 1. The molecule has 0 bridgehead atoms.